The predicted molar refractivity (Wildman–Crippen MR) is 87.7 cm³/mol. The molecule has 0 bridgehead atoms. The molecular formula is C16H17BrN2O3. The van der Waals surface area contributed by atoms with Crippen LogP contribution in [0.4, 0.5) is 0 Å². The second-order valence-corrected chi connectivity index (χ2v) is 6.64. The third kappa shape index (κ3) is 3.98. The molecule has 1 N–H and O–H groups in total. The predicted octanol–water partition coefficient (Wildman–Crippen LogP) is 3.36. The van der Waals surface area contributed by atoms with Gasteiger partial charge in [0.2, 0.25) is 0 Å². The Morgan fingerprint density at radius 1 is 1.27 bits per heavy atom. The minimum absolute atomic E-state index is 0.0462. The number of halogens is 1. The minimum Gasteiger partial charge on any atom is -0.618 e. The van der Waals surface area contributed by atoms with E-state index in [0.717, 1.165) is 4.47 Å². The van der Waals surface area contributed by atoms with E-state index in [1.54, 1.807) is 12.1 Å². The van der Waals surface area contributed by atoms with E-state index in [-0.39, 0.29) is 17.2 Å². The van der Waals surface area contributed by atoms with Crippen molar-refractivity contribution in [3.05, 3.63) is 63.5 Å². The molecule has 6 heteroatoms. The van der Waals surface area contributed by atoms with E-state index < -0.39 is 5.60 Å². The molecule has 2 aromatic rings. The molecule has 0 saturated heterocycles. The van der Waals surface area contributed by atoms with Gasteiger partial charge in [0, 0.05) is 16.1 Å². The molecule has 1 heterocycles. The van der Waals surface area contributed by atoms with Crippen LogP contribution in [0.5, 0.6) is 5.75 Å². The van der Waals surface area contributed by atoms with Crippen LogP contribution in [0.15, 0.2) is 52.2 Å². The zero-order valence-corrected chi connectivity index (χ0v) is 14.2. The summed E-state index contributed by atoms with van der Waals surface area (Å²) in [4.78, 5) is 5.46. The number of benzene rings is 1. The van der Waals surface area contributed by atoms with Crippen molar-refractivity contribution in [2.24, 2.45) is 5.16 Å². The van der Waals surface area contributed by atoms with Gasteiger partial charge in [-0.25, -0.2) is 0 Å². The van der Waals surface area contributed by atoms with Crippen molar-refractivity contribution in [1.29, 1.82) is 0 Å². The molecule has 0 saturated carbocycles. The lowest BCUT2D eigenvalue weighted by Crippen LogP contribution is -2.35. The molecule has 0 unspecified atom stereocenters. The summed E-state index contributed by atoms with van der Waals surface area (Å²) >= 11 is 3.39. The molecule has 116 valence electrons. The van der Waals surface area contributed by atoms with Gasteiger partial charge in [-0.15, -0.1) is 0 Å². The molecule has 0 aliphatic rings. The Labute approximate surface area is 137 Å². The molecule has 0 aliphatic heterocycles. The summed E-state index contributed by atoms with van der Waals surface area (Å²) in [5, 5.41) is 26.2. The summed E-state index contributed by atoms with van der Waals surface area (Å²) in [5.74, 6) is -0.159. The zero-order chi connectivity index (χ0) is 16.3. The van der Waals surface area contributed by atoms with E-state index in [0.29, 0.717) is 10.3 Å². The Morgan fingerprint density at radius 2 is 2.00 bits per heavy atom. The first-order valence-corrected chi connectivity index (χ1v) is 7.51. The highest BCUT2D eigenvalue weighted by molar-refractivity contribution is 9.10. The van der Waals surface area contributed by atoms with Crippen LogP contribution in [0.25, 0.3) is 0 Å². The molecule has 1 aromatic heterocycles. The third-order valence-electron chi connectivity index (χ3n) is 2.67. The van der Waals surface area contributed by atoms with Crippen molar-refractivity contribution in [1.82, 2.24) is 0 Å². The quantitative estimate of drug-likeness (QED) is 0.393. The molecule has 0 spiro atoms. The van der Waals surface area contributed by atoms with Crippen LogP contribution in [-0.4, -0.2) is 16.4 Å². The number of oxime groups is 1. The zero-order valence-electron chi connectivity index (χ0n) is 12.6. The maximum absolute atomic E-state index is 12.1. The Bertz CT molecular complexity index is 689. The number of pyridine rings is 1. The molecule has 0 fully saturated rings. The molecule has 5 nitrogen and oxygen atoms in total. The Balaban J connectivity index is 2.61. The average molecular weight is 365 g/mol. The fraction of sp³-hybridized carbons (Fsp3) is 0.250. The van der Waals surface area contributed by atoms with E-state index in [1.165, 1.54) is 18.3 Å². The van der Waals surface area contributed by atoms with Gasteiger partial charge in [-0.3, -0.25) is 0 Å². The summed E-state index contributed by atoms with van der Waals surface area (Å²) < 4.78 is 1.41. The minimum atomic E-state index is -0.518. The fourth-order valence-electron chi connectivity index (χ4n) is 1.76. The second kappa shape index (κ2) is 6.36. The average Bonchev–Trinajstić information content (AvgIpc) is 2.41. The van der Waals surface area contributed by atoms with Crippen molar-refractivity contribution >= 4 is 21.6 Å². The molecule has 0 atom stereocenters. The van der Waals surface area contributed by atoms with Gasteiger partial charge in [-0.2, -0.15) is 4.73 Å². The highest BCUT2D eigenvalue weighted by atomic mass is 79.9. The topological polar surface area (TPSA) is 68.8 Å². The van der Waals surface area contributed by atoms with Crippen LogP contribution < -0.4 is 4.73 Å². The van der Waals surface area contributed by atoms with Gasteiger partial charge in [0.15, 0.2) is 17.7 Å². The molecule has 1 aromatic carbocycles. The number of hydrogen-bond acceptors (Lipinski definition) is 4. The van der Waals surface area contributed by atoms with Gasteiger partial charge in [0.1, 0.15) is 5.60 Å². The van der Waals surface area contributed by atoms with E-state index in [2.05, 4.69) is 21.1 Å². The fourth-order valence-corrected chi connectivity index (χ4v) is 2.15. The third-order valence-corrected chi connectivity index (χ3v) is 3.16. The van der Waals surface area contributed by atoms with E-state index in [4.69, 9.17) is 4.84 Å². The second-order valence-electron chi connectivity index (χ2n) is 5.72. The van der Waals surface area contributed by atoms with Gasteiger partial charge in [0.25, 0.3) is 5.69 Å². The van der Waals surface area contributed by atoms with E-state index >= 15 is 0 Å². The molecule has 2 rings (SSSR count). The van der Waals surface area contributed by atoms with Crippen LogP contribution >= 0.6 is 15.9 Å². The van der Waals surface area contributed by atoms with Gasteiger partial charge in [-0.05, 0) is 39.0 Å². The van der Waals surface area contributed by atoms with Crippen molar-refractivity contribution in [2.45, 2.75) is 26.4 Å². The Kier molecular flexibility index (Phi) is 4.71. The first-order valence-electron chi connectivity index (χ1n) is 6.71. The monoisotopic (exact) mass is 364 g/mol. The van der Waals surface area contributed by atoms with Gasteiger partial charge in [0.05, 0.1) is 0 Å². The number of aromatic hydroxyl groups is 1. The van der Waals surface area contributed by atoms with Crippen LogP contribution in [0, 0.1) is 5.21 Å². The summed E-state index contributed by atoms with van der Waals surface area (Å²) in [7, 11) is 0. The summed E-state index contributed by atoms with van der Waals surface area (Å²) in [6.45, 7) is 5.56. The van der Waals surface area contributed by atoms with Crippen LogP contribution in [0.3, 0.4) is 0 Å². The van der Waals surface area contributed by atoms with Crippen molar-refractivity contribution in [3.8, 4) is 5.75 Å². The molecule has 22 heavy (non-hydrogen) atoms. The first-order chi connectivity index (χ1) is 10.3. The van der Waals surface area contributed by atoms with Crippen molar-refractivity contribution in [2.75, 3.05) is 0 Å². The van der Waals surface area contributed by atoms with Crippen molar-refractivity contribution < 1.29 is 14.7 Å². The lowest BCUT2D eigenvalue weighted by atomic mass is 10.1. The van der Waals surface area contributed by atoms with Crippen LogP contribution in [0.1, 0.15) is 32.0 Å². The van der Waals surface area contributed by atoms with Crippen molar-refractivity contribution in [3.63, 3.8) is 0 Å². The highest BCUT2D eigenvalue weighted by Gasteiger charge is 2.23. The maximum atomic E-state index is 12.1. The number of hydrogen-bond donors (Lipinski definition) is 1. The van der Waals surface area contributed by atoms with Gasteiger partial charge < -0.3 is 15.2 Å². The largest absolute Gasteiger partial charge is 0.618 e. The Hall–Kier alpha value is -2.08. The normalized spacial score (nSPS) is 12.3. The van der Waals surface area contributed by atoms with Gasteiger partial charge >= 0.3 is 0 Å². The van der Waals surface area contributed by atoms with Gasteiger partial charge in [-0.1, -0.05) is 33.2 Å². The molecule has 0 amide bonds. The SMILES string of the molecule is CC(C)(C)O/N=C(\c1cccc(Br)c1)c1c(O)ccc[n+]1[O-]. The number of aromatic nitrogens is 1. The summed E-state index contributed by atoms with van der Waals surface area (Å²) in [6, 6.07) is 10.2. The lowest BCUT2D eigenvalue weighted by molar-refractivity contribution is -0.607. The standard InChI is InChI=1S/C16H17BrN2O3/c1-16(2,3)22-18-14(11-6-4-7-12(17)10-11)15-13(20)8-5-9-19(15)21/h4-10,20H,1-3H3/b18-14+. The highest BCUT2D eigenvalue weighted by Crippen LogP contribution is 2.21. The van der Waals surface area contributed by atoms with Crippen LogP contribution in [-0.2, 0) is 4.84 Å². The molecule has 0 aliphatic carbocycles. The Morgan fingerprint density at radius 3 is 2.59 bits per heavy atom. The first kappa shape index (κ1) is 16.3. The summed E-state index contributed by atoms with van der Waals surface area (Å²) in [5.41, 5.74) is 0.453. The molecular weight excluding hydrogens is 348 g/mol. The van der Waals surface area contributed by atoms with E-state index in [1.807, 2.05) is 32.9 Å². The molecule has 0 radical (unpaired) electrons. The lowest BCUT2D eigenvalue weighted by Gasteiger charge is -2.17. The maximum Gasteiger partial charge on any atom is 0.288 e. The number of nitrogens with zero attached hydrogens (tertiary/aromatic N) is 2. The smallest absolute Gasteiger partial charge is 0.288 e. The summed E-state index contributed by atoms with van der Waals surface area (Å²) in [6.07, 6.45) is 1.31. The van der Waals surface area contributed by atoms with Crippen LogP contribution in [0.2, 0.25) is 0 Å². The van der Waals surface area contributed by atoms with E-state index in [9.17, 15) is 10.3 Å². The number of rotatable bonds is 3.